The topological polar surface area (TPSA) is 78.5 Å². The molecule has 1 aliphatic heterocycles. The highest BCUT2D eigenvalue weighted by atomic mass is 32.2. The van der Waals surface area contributed by atoms with Gasteiger partial charge in [-0.2, -0.15) is 0 Å². The van der Waals surface area contributed by atoms with Crippen LogP contribution in [-0.2, 0) is 14.8 Å². The summed E-state index contributed by atoms with van der Waals surface area (Å²) in [5.41, 5.74) is 0. The fourth-order valence-corrected chi connectivity index (χ4v) is 3.15. The number of nitrogens with zero attached hydrogens (tertiary/aromatic N) is 1. The van der Waals surface area contributed by atoms with E-state index < -0.39 is 10.0 Å². The minimum atomic E-state index is -3.09. The summed E-state index contributed by atoms with van der Waals surface area (Å²) in [6.07, 6.45) is 3.97. The molecule has 0 aliphatic carbocycles. The lowest BCUT2D eigenvalue weighted by atomic mass is 10.1. The van der Waals surface area contributed by atoms with Crippen LogP contribution in [0.1, 0.15) is 39.5 Å². The van der Waals surface area contributed by atoms with Crippen molar-refractivity contribution in [1.29, 1.82) is 0 Å². The molecule has 0 aromatic heterocycles. The molecule has 118 valence electrons. The highest BCUT2D eigenvalue weighted by Crippen LogP contribution is 2.13. The van der Waals surface area contributed by atoms with E-state index in [1.54, 1.807) is 0 Å². The van der Waals surface area contributed by atoms with Gasteiger partial charge in [0.15, 0.2) is 0 Å². The first-order valence-electron chi connectivity index (χ1n) is 7.27. The smallest absolute Gasteiger partial charge is 0.220 e. The number of carbonyl (C=O) groups excluding carboxylic acids is 1. The minimum Gasteiger partial charge on any atom is -0.353 e. The molecule has 0 spiro atoms. The van der Waals surface area contributed by atoms with E-state index in [1.807, 2.05) is 0 Å². The van der Waals surface area contributed by atoms with Crippen LogP contribution in [0.2, 0.25) is 0 Å². The van der Waals surface area contributed by atoms with E-state index in [2.05, 4.69) is 24.5 Å². The number of amides is 1. The average molecular weight is 305 g/mol. The molecule has 0 aromatic rings. The maximum Gasteiger partial charge on any atom is 0.220 e. The quantitative estimate of drug-likeness (QED) is 0.663. The van der Waals surface area contributed by atoms with Crippen molar-refractivity contribution in [1.82, 2.24) is 14.9 Å². The maximum atomic E-state index is 11.8. The number of piperidine rings is 1. The molecule has 2 N–H and O–H groups in total. The van der Waals surface area contributed by atoms with Gasteiger partial charge in [0, 0.05) is 31.6 Å². The van der Waals surface area contributed by atoms with Gasteiger partial charge in [0.1, 0.15) is 0 Å². The van der Waals surface area contributed by atoms with E-state index >= 15 is 0 Å². The summed E-state index contributed by atoms with van der Waals surface area (Å²) in [7, 11) is -3.09. The molecule has 0 saturated carbocycles. The van der Waals surface area contributed by atoms with Crippen molar-refractivity contribution in [3.63, 3.8) is 0 Å². The lowest BCUT2D eigenvalue weighted by Gasteiger charge is -2.30. The second-order valence-electron chi connectivity index (χ2n) is 5.72. The van der Waals surface area contributed by atoms with Gasteiger partial charge < -0.3 is 10.6 Å². The first kappa shape index (κ1) is 17.4. The predicted octanol–water partition coefficient (Wildman–Crippen LogP) is 0.305. The molecule has 7 heteroatoms. The van der Waals surface area contributed by atoms with Crippen LogP contribution < -0.4 is 10.6 Å². The van der Waals surface area contributed by atoms with Crippen molar-refractivity contribution in [3.8, 4) is 0 Å². The molecule has 1 fully saturated rings. The number of hydrogen-bond acceptors (Lipinski definition) is 4. The molecular formula is C13H27N3O3S. The maximum absolute atomic E-state index is 11.8. The monoisotopic (exact) mass is 305 g/mol. The Morgan fingerprint density at radius 3 is 2.40 bits per heavy atom. The average Bonchev–Trinajstić information content (AvgIpc) is 2.34. The molecule has 1 aliphatic rings. The zero-order valence-electron chi connectivity index (χ0n) is 12.7. The van der Waals surface area contributed by atoms with E-state index in [0.717, 1.165) is 13.0 Å². The van der Waals surface area contributed by atoms with Gasteiger partial charge in [-0.1, -0.05) is 13.8 Å². The normalized spacial score (nSPS) is 18.4. The summed E-state index contributed by atoms with van der Waals surface area (Å²) in [6, 6.07) is 0.553. The predicted molar refractivity (Wildman–Crippen MR) is 80.0 cm³/mol. The molecule has 0 atom stereocenters. The minimum absolute atomic E-state index is 0.0633. The second kappa shape index (κ2) is 7.95. The Bertz CT molecular complexity index is 401. The fourth-order valence-electron chi connectivity index (χ4n) is 2.27. The molecule has 0 bridgehead atoms. The van der Waals surface area contributed by atoms with Crippen molar-refractivity contribution >= 4 is 15.9 Å². The fraction of sp³-hybridized carbons (Fsp3) is 0.923. The molecule has 6 nitrogen and oxygen atoms in total. The second-order valence-corrected chi connectivity index (χ2v) is 7.70. The molecule has 1 heterocycles. The van der Waals surface area contributed by atoms with Gasteiger partial charge in [0.2, 0.25) is 15.9 Å². The Hall–Kier alpha value is -0.660. The van der Waals surface area contributed by atoms with Crippen molar-refractivity contribution in [2.24, 2.45) is 0 Å². The Balaban J connectivity index is 2.18. The van der Waals surface area contributed by atoms with Crippen molar-refractivity contribution in [2.45, 2.75) is 51.6 Å². The van der Waals surface area contributed by atoms with Crippen molar-refractivity contribution < 1.29 is 13.2 Å². The third kappa shape index (κ3) is 6.67. The first-order valence-corrected chi connectivity index (χ1v) is 9.11. The Morgan fingerprint density at radius 1 is 1.30 bits per heavy atom. The molecule has 1 amide bonds. The summed E-state index contributed by atoms with van der Waals surface area (Å²) in [6.45, 7) is 6.00. The highest BCUT2D eigenvalue weighted by molar-refractivity contribution is 7.88. The van der Waals surface area contributed by atoms with Crippen LogP contribution in [0.25, 0.3) is 0 Å². The van der Waals surface area contributed by atoms with Crippen LogP contribution in [0, 0.1) is 0 Å². The number of nitrogens with one attached hydrogen (secondary N) is 2. The highest BCUT2D eigenvalue weighted by Gasteiger charge is 2.25. The van der Waals surface area contributed by atoms with Crippen LogP contribution in [0.5, 0.6) is 0 Å². The molecular weight excluding hydrogens is 278 g/mol. The van der Waals surface area contributed by atoms with E-state index in [1.165, 1.54) is 10.6 Å². The van der Waals surface area contributed by atoms with E-state index in [4.69, 9.17) is 0 Å². The molecule has 1 rings (SSSR count). The van der Waals surface area contributed by atoms with Gasteiger partial charge in [-0.25, -0.2) is 12.7 Å². The Morgan fingerprint density at radius 2 is 1.90 bits per heavy atom. The Kier molecular flexibility index (Phi) is 6.91. The van der Waals surface area contributed by atoms with Crippen LogP contribution in [-0.4, -0.2) is 56.6 Å². The van der Waals surface area contributed by atoms with E-state index in [0.29, 0.717) is 38.4 Å². The number of rotatable bonds is 7. The number of sulfonamides is 1. The zero-order chi connectivity index (χ0) is 15.2. The molecule has 0 unspecified atom stereocenters. The van der Waals surface area contributed by atoms with Gasteiger partial charge in [-0.3, -0.25) is 4.79 Å². The number of carbonyl (C=O) groups is 1. The third-order valence-electron chi connectivity index (χ3n) is 3.42. The Labute approximate surface area is 122 Å². The van der Waals surface area contributed by atoms with Crippen LogP contribution in [0.15, 0.2) is 0 Å². The van der Waals surface area contributed by atoms with Crippen molar-refractivity contribution in [2.75, 3.05) is 25.9 Å². The molecule has 0 aromatic carbocycles. The molecule has 20 heavy (non-hydrogen) atoms. The van der Waals surface area contributed by atoms with Crippen molar-refractivity contribution in [3.05, 3.63) is 0 Å². The standard InChI is InChI=1S/C13H27N3O3S/c1-11(2)14-8-4-5-13(17)15-12-6-9-16(10-7-12)20(3,18)19/h11-12,14H,4-10H2,1-3H3,(H,15,17). The van der Waals surface area contributed by atoms with E-state index in [-0.39, 0.29) is 11.9 Å². The van der Waals surface area contributed by atoms with Gasteiger partial charge in [-0.15, -0.1) is 0 Å². The lowest BCUT2D eigenvalue weighted by molar-refractivity contribution is -0.122. The van der Waals surface area contributed by atoms with Crippen LogP contribution in [0.3, 0.4) is 0 Å². The summed E-state index contributed by atoms with van der Waals surface area (Å²) >= 11 is 0. The van der Waals surface area contributed by atoms with E-state index in [9.17, 15) is 13.2 Å². The summed E-state index contributed by atoms with van der Waals surface area (Å²) in [4.78, 5) is 11.8. The van der Waals surface area contributed by atoms with Gasteiger partial charge in [0.05, 0.1) is 6.26 Å². The summed E-state index contributed by atoms with van der Waals surface area (Å²) in [5, 5.41) is 6.26. The first-order chi connectivity index (χ1) is 9.29. The SMILES string of the molecule is CC(C)NCCCC(=O)NC1CCN(S(C)(=O)=O)CC1. The van der Waals surface area contributed by atoms with Gasteiger partial charge >= 0.3 is 0 Å². The third-order valence-corrected chi connectivity index (χ3v) is 4.72. The number of hydrogen-bond donors (Lipinski definition) is 2. The molecule has 0 radical (unpaired) electrons. The van der Waals surface area contributed by atoms with Gasteiger partial charge in [-0.05, 0) is 25.8 Å². The largest absolute Gasteiger partial charge is 0.353 e. The van der Waals surface area contributed by atoms with Gasteiger partial charge in [0.25, 0.3) is 0 Å². The zero-order valence-corrected chi connectivity index (χ0v) is 13.5. The summed E-state index contributed by atoms with van der Waals surface area (Å²) in [5.74, 6) is 0.0633. The molecule has 1 saturated heterocycles. The lowest BCUT2D eigenvalue weighted by Crippen LogP contribution is -2.46. The van der Waals surface area contributed by atoms with Crippen LogP contribution >= 0.6 is 0 Å². The van der Waals surface area contributed by atoms with Crippen LogP contribution in [0.4, 0.5) is 0 Å². The summed E-state index contributed by atoms with van der Waals surface area (Å²) < 4.78 is 24.2.